The molecule has 3 N–H and O–H groups in total. The topological polar surface area (TPSA) is 50.4 Å². The van der Waals surface area contributed by atoms with Gasteiger partial charge in [0.2, 0.25) is 0 Å². The second-order valence-corrected chi connectivity index (χ2v) is 4.24. The van der Waals surface area contributed by atoms with E-state index in [1.807, 2.05) is 24.4 Å². The molecular formula is C8H9N3S3. The van der Waals surface area contributed by atoms with Gasteiger partial charge in [-0.05, 0) is 42.8 Å². The molecule has 1 aromatic rings. The Hall–Kier alpha value is -0.850. The maximum absolute atomic E-state index is 5.25. The highest BCUT2D eigenvalue weighted by Crippen LogP contribution is 2.09. The number of nitrogens with two attached hydrogens (primary N) is 1. The fraction of sp³-hybridized carbons (Fsp3) is 0.125. The van der Waals surface area contributed by atoms with Crippen molar-refractivity contribution in [3.63, 3.8) is 0 Å². The summed E-state index contributed by atoms with van der Waals surface area (Å²) in [6.07, 6.45) is 0. The van der Waals surface area contributed by atoms with Gasteiger partial charge in [-0.15, -0.1) is 11.3 Å². The Bertz CT molecular complexity index is 367. The molecule has 1 aromatic heterocycles. The number of thiophene rings is 1. The SMILES string of the molecule is C/C(=N/C(=S)NC(N)=S)c1cccs1. The van der Waals surface area contributed by atoms with E-state index in [1.165, 1.54) is 0 Å². The third-order valence-corrected chi connectivity index (χ3v) is 2.65. The summed E-state index contributed by atoms with van der Waals surface area (Å²) in [6.45, 7) is 1.89. The van der Waals surface area contributed by atoms with Gasteiger partial charge in [0.1, 0.15) is 0 Å². The third-order valence-electron chi connectivity index (χ3n) is 1.38. The number of rotatable bonds is 1. The highest BCUT2D eigenvalue weighted by Gasteiger charge is 2.00. The molecule has 6 heteroatoms. The van der Waals surface area contributed by atoms with Crippen LogP contribution in [0.15, 0.2) is 22.5 Å². The maximum Gasteiger partial charge on any atom is 0.199 e. The van der Waals surface area contributed by atoms with Crippen molar-refractivity contribution in [3.05, 3.63) is 22.4 Å². The van der Waals surface area contributed by atoms with Gasteiger partial charge in [0.15, 0.2) is 10.2 Å². The minimum absolute atomic E-state index is 0.137. The Morgan fingerprint density at radius 2 is 2.29 bits per heavy atom. The number of thiocarbonyl (C=S) groups is 2. The normalized spacial score (nSPS) is 11.1. The molecule has 0 bridgehead atoms. The van der Waals surface area contributed by atoms with E-state index in [1.54, 1.807) is 11.3 Å². The van der Waals surface area contributed by atoms with Gasteiger partial charge in [-0.1, -0.05) is 6.07 Å². The zero-order chi connectivity index (χ0) is 10.6. The second-order valence-electron chi connectivity index (χ2n) is 2.47. The zero-order valence-electron chi connectivity index (χ0n) is 7.48. The van der Waals surface area contributed by atoms with Crippen molar-refractivity contribution in [2.24, 2.45) is 10.7 Å². The van der Waals surface area contributed by atoms with Gasteiger partial charge in [0.05, 0.1) is 5.71 Å². The quantitative estimate of drug-likeness (QED) is 0.582. The molecule has 1 rings (SSSR count). The molecule has 0 aromatic carbocycles. The molecule has 14 heavy (non-hydrogen) atoms. The lowest BCUT2D eigenvalue weighted by atomic mass is 10.3. The molecule has 0 unspecified atom stereocenters. The van der Waals surface area contributed by atoms with E-state index in [9.17, 15) is 0 Å². The molecule has 0 aliphatic carbocycles. The Morgan fingerprint density at radius 1 is 1.57 bits per heavy atom. The van der Waals surface area contributed by atoms with Crippen LogP contribution in [0, 0.1) is 0 Å². The van der Waals surface area contributed by atoms with Crippen molar-refractivity contribution in [3.8, 4) is 0 Å². The van der Waals surface area contributed by atoms with Crippen LogP contribution in [0.5, 0.6) is 0 Å². The first-order chi connectivity index (χ1) is 6.59. The van der Waals surface area contributed by atoms with Crippen LogP contribution in [-0.4, -0.2) is 15.9 Å². The maximum atomic E-state index is 5.25. The van der Waals surface area contributed by atoms with E-state index < -0.39 is 0 Å². The predicted octanol–water partition coefficient (Wildman–Crippen LogP) is 1.68. The van der Waals surface area contributed by atoms with Crippen molar-refractivity contribution in [1.82, 2.24) is 5.32 Å². The summed E-state index contributed by atoms with van der Waals surface area (Å²) in [5.74, 6) is 0. The smallest absolute Gasteiger partial charge is 0.199 e. The van der Waals surface area contributed by atoms with Gasteiger partial charge in [0.25, 0.3) is 0 Å². The summed E-state index contributed by atoms with van der Waals surface area (Å²) in [6, 6.07) is 3.94. The number of hydrogen-bond donors (Lipinski definition) is 2. The molecule has 0 spiro atoms. The van der Waals surface area contributed by atoms with E-state index in [4.69, 9.17) is 18.0 Å². The summed E-state index contributed by atoms with van der Waals surface area (Å²) in [7, 11) is 0. The molecule has 74 valence electrons. The largest absolute Gasteiger partial charge is 0.376 e. The van der Waals surface area contributed by atoms with Gasteiger partial charge in [0, 0.05) is 4.88 Å². The van der Waals surface area contributed by atoms with Crippen LogP contribution >= 0.6 is 35.8 Å². The first-order valence-corrected chi connectivity index (χ1v) is 5.49. The zero-order valence-corrected chi connectivity index (χ0v) is 9.93. The standard InChI is InChI=1S/C8H9N3S3/c1-5(6-3-2-4-14-6)10-8(13)11-7(9)12/h2-4H,1H3,(H3,9,11,12,13)/b10-5-. The summed E-state index contributed by atoms with van der Waals surface area (Å²) < 4.78 is 0. The molecule has 0 aliphatic rings. The average molecular weight is 243 g/mol. The lowest BCUT2D eigenvalue weighted by Gasteiger charge is -2.01. The van der Waals surface area contributed by atoms with Crippen molar-refractivity contribution in [1.29, 1.82) is 0 Å². The minimum Gasteiger partial charge on any atom is -0.376 e. The van der Waals surface area contributed by atoms with E-state index in [2.05, 4.69) is 22.5 Å². The van der Waals surface area contributed by atoms with E-state index in [-0.39, 0.29) is 5.11 Å². The predicted molar refractivity (Wildman–Crippen MR) is 69.0 cm³/mol. The molecule has 0 atom stereocenters. The Kier molecular flexibility index (Phi) is 4.12. The number of nitrogens with one attached hydrogen (secondary N) is 1. The highest BCUT2D eigenvalue weighted by molar-refractivity contribution is 7.81. The first-order valence-electron chi connectivity index (χ1n) is 3.79. The molecule has 0 amide bonds. The van der Waals surface area contributed by atoms with Gasteiger partial charge >= 0.3 is 0 Å². The monoisotopic (exact) mass is 243 g/mol. The molecule has 0 saturated heterocycles. The van der Waals surface area contributed by atoms with E-state index >= 15 is 0 Å². The third kappa shape index (κ3) is 3.49. The summed E-state index contributed by atoms with van der Waals surface area (Å²) in [5, 5.41) is 5.01. The summed E-state index contributed by atoms with van der Waals surface area (Å²) in [5.41, 5.74) is 6.11. The number of hydrogen-bond acceptors (Lipinski definition) is 3. The second kappa shape index (κ2) is 5.14. The van der Waals surface area contributed by atoms with Crippen LogP contribution in [-0.2, 0) is 0 Å². The summed E-state index contributed by atoms with van der Waals surface area (Å²) in [4.78, 5) is 5.22. The van der Waals surface area contributed by atoms with Crippen molar-refractivity contribution < 1.29 is 0 Å². The molecule has 0 aliphatic heterocycles. The van der Waals surface area contributed by atoms with Crippen LogP contribution < -0.4 is 11.1 Å². The van der Waals surface area contributed by atoms with E-state index in [0.717, 1.165) is 10.6 Å². The minimum atomic E-state index is 0.137. The van der Waals surface area contributed by atoms with E-state index in [0.29, 0.717) is 5.11 Å². The number of nitrogens with zero attached hydrogens (tertiary/aromatic N) is 1. The van der Waals surface area contributed by atoms with Crippen molar-refractivity contribution in [2.45, 2.75) is 6.92 Å². The molecule has 3 nitrogen and oxygen atoms in total. The average Bonchev–Trinajstić information content (AvgIpc) is 2.53. The lowest BCUT2D eigenvalue weighted by Crippen LogP contribution is -2.32. The molecular weight excluding hydrogens is 234 g/mol. The van der Waals surface area contributed by atoms with Gasteiger partial charge in [-0.2, -0.15) is 0 Å². The fourth-order valence-corrected chi connectivity index (χ4v) is 1.91. The molecule has 0 radical (unpaired) electrons. The molecule has 0 fully saturated rings. The van der Waals surface area contributed by atoms with Gasteiger partial charge < -0.3 is 11.1 Å². The first kappa shape index (κ1) is 11.2. The van der Waals surface area contributed by atoms with Crippen LogP contribution in [0.25, 0.3) is 0 Å². The van der Waals surface area contributed by atoms with Crippen LogP contribution in [0.4, 0.5) is 0 Å². The Balaban J connectivity index is 2.69. The van der Waals surface area contributed by atoms with Gasteiger partial charge in [-0.3, -0.25) is 0 Å². The highest BCUT2D eigenvalue weighted by atomic mass is 32.1. The van der Waals surface area contributed by atoms with Crippen molar-refractivity contribution >= 4 is 51.7 Å². The Morgan fingerprint density at radius 3 is 2.79 bits per heavy atom. The fourth-order valence-electron chi connectivity index (χ4n) is 0.825. The summed E-state index contributed by atoms with van der Waals surface area (Å²) >= 11 is 11.2. The lowest BCUT2D eigenvalue weighted by molar-refractivity contribution is 1.35. The molecule has 0 saturated carbocycles. The van der Waals surface area contributed by atoms with Gasteiger partial charge in [-0.25, -0.2) is 4.99 Å². The van der Waals surface area contributed by atoms with Crippen LogP contribution in [0.2, 0.25) is 0 Å². The van der Waals surface area contributed by atoms with Crippen molar-refractivity contribution in [2.75, 3.05) is 0 Å². The number of aliphatic imine (C=N–C) groups is 1. The van der Waals surface area contributed by atoms with Crippen LogP contribution in [0.1, 0.15) is 11.8 Å². The molecule has 1 heterocycles. The van der Waals surface area contributed by atoms with Crippen LogP contribution in [0.3, 0.4) is 0 Å². The Labute approximate surface area is 97.0 Å².